The third kappa shape index (κ3) is 1.74. The van der Waals surface area contributed by atoms with Gasteiger partial charge in [-0.25, -0.2) is 0 Å². The molecule has 5 heteroatoms. The van der Waals surface area contributed by atoms with Gasteiger partial charge in [-0.2, -0.15) is 5.10 Å². The van der Waals surface area contributed by atoms with Crippen molar-refractivity contribution in [3.8, 4) is 0 Å². The molecule has 1 aromatic heterocycles. The van der Waals surface area contributed by atoms with Crippen molar-refractivity contribution in [1.29, 1.82) is 0 Å². The molecule has 1 aliphatic heterocycles. The van der Waals surface area contributed by atoms with Crippen molar-refractivity contribution in [3.05, 3.63) is 17.5 Å². The van der Waals surface area contributed by atoms with Crippen LogP contribution < -0.4 is 0 Å². The molecule has 15 heavy (non-hydrogen) atoms. The number of carbonyl (C=O) groups is 1. The Hall–Kier alpha value is -1.03. The van der Waals surface area contributed by atoms with Crippen molar-refractivity contribution in [2.75, 3.05) is 12.4 Å². The molecule has 0 aliphatic carbocycles. The summed E-state index contributed by atoms with van der Waals surface area (Å²) in [6.07, 6.45) is 0. The number of halogens is 1. The predicted octanol–water partition coefficient (Wildman–Crippen LogP) is 1.33. The molecule has 0 bridgehead atoms. The smallest absolute Gasteiger partial charge is 0.238 e. The Morgan fingerprint density at radius 3 is 3.07 bits per heavy atom. The summed E-state index contributed by atoms with van der Waals surface area (Å²) in [5, 5.41) is 4.37. The molecule has 0 aromatic carbocycles. The second-order valence-electron chi connectivity index (χ2n) is 3.83. The standard InChI is InChI=1S/C10H14ClN3O/c1-7-5-9-8(2)13(10(15)6-11)3-4-14(9)12-7/h5,8H,3-4,6H2,1-2H3. The van der Waals surface area contributed by atoms with Crippen molar-refractivity contribution >= 4 is 17.5 Å². The number of aryl methyl sites for hydroxylation is 1. The van der Waals surface area contributed by atoms with Crippen LogP contribution in [-0.2, 0) is 11.3 Å². The lowest BCUT2D eigenvalue weighted by Gasteiger charge is -2.33. The fourth-order valence-electron chi connectivity index (χ4n) is 2.05. The van der Waals surface area contributed by atoms with E-state index in [1.54, 1.807) is 0 Å². The van der Waals surface area contributed by atoms with Gasteiger partial charge in [-0.05, 0) is 19.9 Å². The SMILES string of the molecule is Cc1cc2n(n1)CCN(C(=O)CCl)C2C. The highest BCUT2D eigenvalue weighted by Crippen LogP contribution is 2.25. The summed E-state index contributed by atoms with van der Waals surface area (Å²) in [4.78, 5) is 13.4. The van der Waals surface area contributed by atoms with E-state index in [1.165, 1.54) is 0 Å². The van der Waals surface area contributed by atoms with E-state index in [2.05, 4.69) is 5.10 Å². The van der Waals surface area contributed by atoms with Crippen LogP contribution in [0, 0.1) is 6.92 Å². The van der Waals surface area contributed by atoms with Gasteiger partial charge in [-0.1, -0.05) is 0 Å². The van der Waals surface area contributed by atoms with Gasteiger partial charge in [-0.3, -0.25) is 9.48 Å². The monoisotopic (exact) mass is 227 g/mol. The Morgan fingerprint density at radius 1 is 1.67 bits per heavy atom. The Morgan fingerprint density at radius 2 is 2.40 bits per heavy atom. The second-order valence-corrected chi connectivity index (χ2v) is 4.10. The number of alkyl halides is 1. The number of nitrogens with zero attached hydrogens (tertiary/aromatic N) is 3. The fourth-order valence-corrected chi connectivity index (χ4v) is 2.21. The van der Waals surface area contributed by atoms with Crippen LogP contribution in [0.15, 0.2) is 6.07 Å². The first-order chi connectivity index (χ1) is 7.13. The molecule has 1 atom stereocenters. The van der Waals surface area contributed by atoms with Crippen LogP contribution in [0.1, 0.15) is 24.4 Å². The van der Waals surface area contributed by atoms with Crippen molar-refractivity contribution in [1.82, 2.24) is 14.7 Å². The van der Waals surface area contributed by atoms with Gasteiger partial charge in [0.2, 0.25) is 5.91 Å². The molecule has 0 spiro atoms. The summed E-state index contributed by atoms with van der Waals surface area (Å²) in [7, 11) is 0. The summed E-state index contributed by atoms with van der Waals surface area (Å²) < 4.78 is 1.97. The highest BCUT2D eigenvalue weighted by atomic mass is 35.5. The Kier molecular flexibility index (Phi) is 2.69. The number of amides is 1. The third-order valence-corrected chi connectivity index (χ3v) is 3.04. The van der Waals surface area contributed by atoms with Crippen LogP contribution in [-0.4, -0.2) is 33.0 Å². The normalized spacial score (nSPS) is 20.2. The van der Waals surface area contributed by atoms with E-state index in [4.69, 9.17) is 11.6 Å². The molecule has 1 unspecified atom stereocenters. The Labute approximate surface area is 93.8 Å². The molecule has 2 rings (SSSR count). The van der Waals surface area contributed by atoms with Crippen molar-refractivity contribution in [2.45, 2.75) is 26.4 Å². The number of fused-ring (bicyclic) bond motifs is 1. The second kappa shape index (κ2) is 3.85. The van der Waals surface area contributed by atoms with Gasteiger partial charge in [0.1, 0.15) is 5.88 Å². The molecule has 0 saturated carbocycles. The van der Waals surface area contributed by atoms with E-state index >= 15 is 0 Å². The van der Waals surface area contributed by atoms with Gasteiger partial charge >= 0.3 is 0 Å². The molecule has 0 fully saturated rings. The number of aromatic nitrogens is 2. The van der Waals surface area contributed by atoms with Gasteiger partial charge in [0.05, 0.1) is 24.0 Å². The quantitative estimate of drug-likeness (QED) is 0.679. The van der Waals surface area contributed by atoms with E-state index in [-0.39, 0.29) is 17.8 Å². The van der Waals surface area contributed by atoms with Crippen molar-refractivity contribution in [3.63, 3.8) is 0 Å². The highest BCUT2D eigenvalue weighted by Gasteiger charge is 2.27. The minimum absolute atomic E-state index is 0.00531. The molecular weight excluding hydrogens is 214 g/mol. The van der Waals surface area contributed by atoms with Gasteiger partial charge in [0.25, 0.3) is 0 Å². The molecule has 1 aromatic rings. The number of carbonyl (C=O) groups excluding carboxylic acids is 1. The fraction of sp³-hybridized carbons (Fsp3) is 0.600. The van der Waals surface area contributed by atoms with E-state index in [1.807, 2.05) is 29.5 Å². The first-order valence-electron chi connectivity index (χ1n) is 5.03. The molecule has 4 nitrogen and oxygen atoms in total. The zero-order valence-corrected chi connectivity index (χ0v) is 9.66. The van der Waals surface area contributed by atoms with Crippen molar-refractivity contribution < 1.29 is 4.79 Å². The van der Waals surface area contributed by atoms with E-state index in [0.29, 0.717) is 6.54 Å². The lowest BCUT2D eigenvalue weighted by Crippen LogP contribution is -2.41. The largest absolute Gasteiger partial charge is 0.331 e. The Bertz CT molecular complexity index is 388. The van der Waals surface area contributed by atoms with Crippen LogP contribution in [0.25, 0.3) is 0 Å². The van der Waals surface area contributed by atoms with Gasteiger partial charge in [0.15, 0.2) is 0 Å². The number of hydrogen-bond acceptors (Lipinski definition) is 2. The lowest BCUT2D eigenvalue weighted by atomic mass is 10.1. The van der Waals surface area contributed by atoms with Gasteiger partial charge in [0, 0.05) is 6.54 Å². The first-order valence-corrected chi connectivity index (χ1v) is 5.56. The number of hydrogen-bond donors (Lipinski definition) is 0. The molecular formula is C10H14ClN3O. The molecule has 2 heterocycles. The molecule has 1 aliphatic rings. The maximum absolute atomic E-state index is 11.6. The van der Waals surface area contributed by atoms with Crippen LogP contribution in [0.5, 0.6) is 0 Å². The van der Waals surface area contributed by atoms with Crippen LogP contribution in [0.3, 0.4) is 0 Å². The zero-order valence-electron chi connectivity index (χ0n) is 8.90. The number of rotatable bonds is 1. The molecule has 82 valence electrons. The maximum atomic E-state index is 11.6. The first kappa shape index (κ1) is 10.5. The average molecular weight is 228 g/mol. The predicted molar refractivity (Wildman–Crippen MR) is 57.8 cm³/mol. The highest BCUT2D eigenvalue weighted by molar-refractivity contribution is 6.27. The molecule has 0 saturated heterocycles. The minimum Gasteiger partial charge on any atom is -0.331 e. The van der Waals surface area contributed by atoms with Gasteiger partial charge < -0.3 is 4.90 Å². The Balaban J connectivity index is 2.29. The summed E-state index contributed by atoms with van der Waals surface area (Å²) in [5.74, 6) is 0.0477. The van der Waals surface area contributed by atoms with E-state index in [0.717, 1.165) is 17.9 Å². The summed E-state index contributed by atoms with van der Waals surface area (Å²) in [6, 6.07) is 2.10. The van der Waals surface area contributed by atoms with E-state index < -0.39 is 0 Å². The van der Waals surface area contributed by atoms with Crippen LogP contribution in [0.4, 0.5) is 0 Å². The lowest BCUT2D eigenvalue weighted by molar-refractivity contribution is -0.131. The van der Waals surface area contributed by atoms with E-state index in [9.17, 15) is 4.79 Å². The molecule has 0 N–H and O–H groups in total. The van der Waals surface area contributed by atoms with Crippen molar-refractivity contribution in [2.24, 2.45) is 0 Å². The molecule has 0 radical (unpaired) electrons. The average Bonchev–Trinajstić information content (AvgIpc) is 2.59. The molecule has 1 amide bonds. The maximum Gasteiger partial charge on any atom is 0.238 e. The van der Waals surface area contributed by atoms with Gasteiger partial charge in [-0.15, -0.1) is 11.6 Å². The topological polar surface area (TPSA) is 38.1 Å². The van der Waals surface area contributed by atoms with Crippen LogP contribution in [0.2, 0.25) is 0 Å². The minimum atomic E-state index is -0.00531. The summed E-state index contributed by atoms with van der Waals surface area (Å²) in [5.41, 5.74) is 2.09. The third-order valence-electron chi connectivity index (χ3n) is 2.82. The summed E-state index contributed by atoms with van der Waals surface area (Å²) >= 11 is 5.57. The summed E-state index contributed by atoms with van der Waals surface area (Å²) in [6.45, 7) is 5.43. The zero-order chi connectivity index (χ0) is 11.0. The van der Waals surface area contributed by atoms with Crippen LogP contribution >= 0.6 is 11.6 Å².